The second-order valence-corrected chi connectivity index (χ2v) is 6.74. The molecule has 1 unspecified atom stereocenters. The molecule has 2 aromatic carbocycles. The van der Waals surface area contributed by atoms with Crippen molar-refractivity contribution in [1.29, 1.82) is 0 Å². The number of carbonyl (C=O) groups is 1. The molecule has 5 rings (SSSR count). The fraction of sp³-hybridized carbons (Fsp3) is 0.136. The number of nitrogens with zero attached hydrogens (tertiary/aromatic N) is 4. The van der Waals surface area contributed by atoms with Crippen LogP contribution in [-0.2, 0) is 6.54 Å². The van der Waals surface area contributed by atoms with Crippen LogP contribution in [-0.4, -0.2) is 33.3 Å². The minimum Gasteiger partial charge on any atom is -0.491 e. The van der Waals surface area contributed by atoms with Gasteiger partial charge in [0.05, 0.1) is 30.0 Å². The van der Waals surface area contributed by atoms with Gasteiger partial charge in [0.15, 0.2) is 0 Å². The van der Waals surface area contributed by atoms with Crippen LogP contribution in [0.4, 0.5) is 5.69 Å². The molecule has 0 saturated heterocycles. The molecule has 0 bridgehead atoms. The Morgan fingerprint density at radius 2 is 1.86 bits per heavy atom. The lowest BCUT2D eigenvalue weighted by Crippen LogP contribution is -2.51. The van der Waals surface area contributed by atoms with E-state index in [2.05, 4.69) is 10.1 Å². The monoisotopic (exact) mass is 370 g/mol. The van der Waals surface area contributed by atoms with Crippen LogP contribution in [0.5, 0.6) is 5.75 Å². The first-order valence-electron chi connectivity index (χ1n) is 9.17. The van der Waals surface area contributed by atoms with Gasteiger partial charge >= 0.3 is 0 Å². The number of hydrogen-bond acceptors (Lipinski definition) is 4. The van der Waals surface area contributed by atoms with Gasteiger partial charge in [0.25, 0.3) is 5.91 Å². The average Bonchev–Trinajstić information content (AvgIpc) is 3.22. The summed E-state index contributed by atoms with van der Waals surface area (Å²) in [5.74, 6) is 0.681. The first-order valence-corrected chi connectivity index (χ1v) is 9.17. The number of para-hydroxylation sites is 2. The predicted molar refractivity (Wildman–Crippen MR) is 107 cm³/mol. The van der Waals surface area contributed by atoms with Crippen molar-refractivity contribution >= 4 is 22.5 Å². The number of anilines is 1. The summed E-state index contributed by atoms with van der Waals surface area (Å²) in [6, 6.07) is 21.1. The third-order valence-corrected chi connectivity index (χ3v) is 4.94. The maximum Gasteiger partial charge on any atom is 0.277 e. The zero-order chi connectivity index (χ0) is 18.9. The zero-order valence-electron chi connectivity index (χ0n) is 15.1. The molecule has 0 fully saturated rings. The first-order chi connectivity index (χ1) is 13.8. The molecule has 0 radical (unpaired) electrons. The summed E-state index contributed by atoms with van der Waals surface area (Å²) in [6.07, 6.45) is 3.41. The largest absolute Gasteiger partial charge is 0.491 e. The molecule has 1 atom stereocenters. The number of hydrogen-bond donors (Lipinski definition) is 0. The lowest BCUT2D eigenvalue weighted by atomic mass is 10.1. The summed E-state index contributed by atoms with van der Waals surface area (Å²) in [6.45, 7) is 0.926. The molecule has 0 spiro atoms. The highest BCUT2D eigenvalue weighted by Gasteiger charge is 2.35. The molecule has 4 aromatic rings. The topological polar surface area (TPSA) is 60.3 Å². The maximum absolute atomic E-state index is 13.2. The Morgan fingerprint density at radius 1 is 1.04 bits per heavy atom. The fourth-order valence-corrected chi connectivity index (χ4v) is 3.59. The van der Waals surface area contributed by atoms with E-state index in [1.54, 1.807) is 28.0 Å². The summed E-state index contributed by atoms with van der Waals surface area (Å²) < 4.78 is 7.71. The lowest BCUT2D eigenvalue weighted by molar-refractivity contribution is 0.0926. The van der Waals surface area contributed by atoms with Crippen molar-refractivity contribution in [2.45, 2.75) is 12.6 Å². The van der Waals surface area contributed by atoms with E-state index in [4.69, 9.17) is 4.74 Å². The van der Waals surface area contributed by atoms with Gasteiger partial charge in [0.1, 0.15) is 18.1 Å². The van der Waals surface area contributed by atoms with Gasteiger partial charge in [-0.15, -0.1) is 0 Å². The van der Waals surface area contributed by atoms with E-state index < -0.39 is 0 Å². The molecule has 3 heterocycles. The van der Waals surface area contributed by atoms with Crippen molar-refractivity contribution in [3.63, 3.8) is 0 Å². The Morgan fingerprint density at radius 3 is 2.75 bits per heavy atom. The molecule has 2 aromatic heterocycles. The Balaban J connectivity index is 1.51. The normalized spacial score (nSPS) is 16.2. The van der Waals surface area contributed by atoms with Crippen LogP contribution in [0.25, 0.3) is 10.9 Å². The standard InChI is InChI=1S/C22H18N4O2/c27-22-21-10-11-24-25(21)14-18(15-28-19-7-2-1-3-8-19)26(22)17-12-16-6-4-5-9-20(16)23-13-17/h1-13,18H,14-15H2. The van der Waals surface area contributed by atoms with Crippen LogP contribution in [0, 0.1) is 0 Å². The Bertz CT molecular complexity index is 1140. The van der Waals surface area contributed by atoms with Crippen molar-refractivity contribution in [2.75, 3.05) is 11.5 Å². The maximum atomic E-state index is 13.2. The van der Waals surface area contributed by atoms with Crippen LogP contribution in [0.2, 0.25) is 0 Å². The molecule has 1 aliphatic rings. The summed E-state index contributed by atoms with van der Waals surface area (Å²) in [5, 5.41) is 5.28. The second kappa shape index (κ2) is 6.81. The molecular formula is C22H18N4O2. The van der Waals surface area contributed by atoms with Gasteiger partial charge in [-0.2, -0.15) is 5.10 Å². The van der Waals surface area contributed by atoms with E-state index in [1.807, 2.05) is 60.7 Å². The van der Waals surface area contributed by atoms with Gasteiger partial charge in [0, 0.05) is 11.6 Å². The molecule has 138 valence electrons. The van der Waals surface area contributed by atoms with Crippen LogP contribution in [0.15, 0.2) is 79.1 Å². The lowest BCUT2D eigenvalue weighted by Gasteiger charge is -2.35. The molecule has 28 heavy (non-hydrogen) atoms. The number of amides is 1. The summed E-state index contributed by atoms with van der Waals surface area (Å²) in [5.41, 5.74) is 2.24. The van der Waals surface area contributed by atoms with Crippen molar-refractivity contribution in [2.24, 2.45) is 0 Å². The molecule has 6 nitrogen and oxygen atoms in total. The Kier molecular flexibility index (Phi) is 4.01. The summed E-state index contributed by atoms with van der Waals surface area (Å²) in [7, 11) is 0. The number of aromatic nitrogens is 3. The van der Waals surface area contributed by atoms with E-state index in [0.29, 0.717) is 18.8 Å². The number of benzene rings is 2. The van der Waals surface area contributed by atoms with Gasteiger partial charge in [-0.1, -0.05) is 36.4 Å². The fourth-order valence-electron chi connectivity index (χ4n) is 3.59. The highest BCUT2D eigenvalue weighted by molar-refractivity contribution is 6.06. The summed E-state index contributed by atoms with van der Waals surface area (Å²) in [4.78, 5) is 19.5. The van der Waals surface area contributed by atoms with Gasteiger partial charge in [-0.05, 0) is 30.3 Å². The third kappa shape index (κ3) is 2.89. The third-order valence-electron chi connectivity index (χ3n) is 4.94. The van der Waals surface area contributed by atoms with Crippen LogP contribution in [0.1, 0.15) is 10.5 Å². The van der Waals surface area contributed by atoms with Crippen LogP contribution in [0.3, 0.4) is 0 Å². The van der Waals surface area contributed by atoms with Crippen molar-refractivity contribution in [1.82, 2.24) is 14.8 Å². The number of pyridine rings is 1. The minimum atomic E-state index is -0.192. The first kappa shape index (κ1) is 16.5. The molecule has 0 aliphatic carbocycles. The summed E-state index contributed by atoms with van der Waals surface area (Å²) >= 11 is 0. The highest BCUT2D eigenvalue weighted by Crippen LogP contribution is 2.27. The molecule has 1 aliphatic heterocycles. The van der Waals surface area contributed by atoms with E-state index in [9.17, 15) is 4.79 Å². The van der Waals surface area contributed by atoms with Crippen LogP contribution >= 0.6 is 0 Å². The van der Waals surface area contributed by atoms with Crippen molar-refractivity contribution < 1.29 is 9.53 Å². The average molecular weight is 370 g/mol. The molecule has 1 amide bonds. The number of carbonyl (C=O) groups excluding carboxylic acids is 1. The smallest absolute Gasteiger partial charge is 0.277 e. The van der Waals surface area contributed by atoms with E-state index >= 15 is 0 Å². The number of ether oxygens (including phenoxy) is 1. The Hall–Kier alpha value is -3.67. The molecule has 0 saturated carbocycles. The van der Waals surface area contributed by atoms with E-state index in [0.717, 1.165) is 22.3 Å². The second-order valence-electron chi connectivity index (χ2n) is 6.74. The molecule has 0 N–H and O–H groups in total. The van der Waals surface area contributed by atoms with Gasteiger partial charge in [-0.3, -0.25) is 19.4 Å². The van der Waals surface area contributed by atoms with Gasteiger partial charge < -0.3 is 4.74 Å². The van der Waals surface area contributed by atoms with Crippen molar-refractivity contribution in [3.8, 4) is 5.75 Å². The van der Waals surface area contributed by atoms with E-state index in [-0.39, 0.29) is 11.9 Å². The quantitative estimate of drug-likeness (QED) is 0.551. The van der Waals surface area contributed by atoms with Crippen LogP contribution < -0.4 is 9.64 Å². The SMILES string of the molecule is O=C1c2ccnn2CC(COc2ccccc2)N1c1cnc2ccccc2c1. The highest BCUT2D eigenvalue weighted by atomic mass is 16.5. The Labute approximate surface area is 162 Å². The zero-order valence-corrected chi connectivity index (χ0v) is 15.1. The number of fused-ring (bicyclic) bond motifs is 2. The van der Waals surface area contributed by atoms with Gasteiger partial charge in [0.2, 0.25) is 0 Å². The van der Waals surface area contributed by atoms with Gasteiger partial charge in [-0.25, -0.2) is 0 Å². The number of rotatable bonds is 4. The molecular weight excluding hydrogens is 352 g/mol. The predicted octanol–water partition coefficient (Wildman–Crippen LogP) is 3.54. The van der Waals surface area contributed by atoms with Crippen molar-refractivity contribution in [3.05, 3.63) is 84.8 Å². The van der Waals surface area contributed by atoms with E-state index in [1.165, 1.54) is 0 Å². The minimum absolute atomic E-state index is 0.0949. The molecule has 6 heteroatoms.